The molecule has 118 valence electrons. The number of ether oxygens (including phenoxy) is 3. The number of hydrogen-bond donors (Lipinski definition) is 3. The molecule has 0 saturated carbocycles. The van der Waals surface area contributed by atoms with Gasteiger partial charge in [0.25, 0.3) is 0 Å². The van der Waals surface area contributed by atoms with E-state index in [1.807, 2.05) is 26.0 Å². The molecule has 6 unspecified atom stereocenters. The quantitative estimate of drug-likeness (QED) is 0.581. The van der Waals surface area contributed by atoms with Crippen LogP contribution in [0, 0.1) is 0 Å². The van der Waals surface area contributed by atoms with Gasteiger partial charge in [0.2, 0.25) is 0 Å². The zero-order valence-corrected chi connectivity index (χ0v) is 12.3. The van der Waals surface area contributed by atoms with Crippen molar-refractivity contribution in [2.24, 2.45) is 0 Å². The van der Waals surface area contributed by atoms with Crippen LogP contribution in [0.2, 0.25) is 0 Å². The van der Waals surface area contributed by atoms with E-state index in [9.17, 15) is 15.3 Å². The Hall–Kier alpha value is -0.500. The van der Waals surface area contributed by atoms with Crippen LogP contribution in [0.25, 0.3) is 0 Å². The van der Waals surface area contributed by atoms with Crippen LogP contribution in [0.1, 0.15) is 26.7 Å². The Bertz CT molecular complexity index is 295. The van der Waals surface area contributed by atoms with Crippen molar-refractivity contribution < 1.29 is 29.5 Å². The predicted octanol–water partition coefficient (Wildman–Crippen LogP) is 0.202. The third kappa shape index (κ3) is 4.51. The highest BCUT2D eigenvalue weighted by molar-refractivity contribution is 4.90. The number of rotatable bonds is 7. The summed E-state index contributed by atoms with van der Waals surface area (Å²) in [4.78, 5) is 0. The van der Waals surface area contributed by atoms with Crippen molar-refractivity contribution in [2.75, 3.05) is 13.7 Å². The number of hydrogen-bond acceptors (Lipinski definition) is 6. The third-order valence-electron chi connectivity index (χ3n) is 3.42. The number of aliphatic hydroxyl groups is 3. The summed E-state index contributed by atoms with van der Waals surface area (Å²) in [6, 6.07) is 0. The molecule has 0 aromatic heterocycles. The molecule has 3 N–H and O–H groups in total. The smallest absolute Gasteiger partial charge is 0.186 e. The first-order chi connectivity index (χ1) is 9.54. The molecule has 1 rings (SSSR count). The lowest BCUT2D eigenvalue weighted by Crippen LogP contribution is -2.59. The molecule has 0 aromatic rings. The summed E-state index contributed by atoms with van der Waals surface area (Å²) in [6.45, 7) is 4.02. The van der Waals surface area contributed by atoms with Crippen LogP contribution in [0.5, 0.6) is 0 Å². The van der Waals surface area contributed by atoms with Crippen molar-refractivity contribution in [3.63, 3.8) is 0 Å². The summed E-state index contributed by atoms with van der Waals surface area (Å²) < 4.78 is 16.1. The first-order valence-corrected chi connectivity index (χ1v) is 7.00. The maximum atomic E-state index is 9.94. The second-order valence-electron chi connectivity index (χ2n) is 4.94. The molecule has 6 atom stereocenters. The van der Waals surface area contributed by atoms with E-state index in [0.29, 0.717) is 6.42 Å². The molecule has 20 heavy (non-hydrogen) atoms. The maximum Gasteiger partial charge on any atom is 0.186 e. The third-order valence-corrected chi connectivity index (χ3v) is 3.42. The zero-order valence-electron chi connectivity index (χ0n) is 12.3. The highest BCUT2D eigenvalue weighted by atomic mass is 16.7. The first-order valence-electron chi connectivity index (χ1n) is 7.00. The molecule has 0 amide bonds. The summed E-state index contributed by atoms with van der Waals surface area (Å²) in [7, 11) is 1.48. The largest absolute Gasteiger partial charge is 0.387 e. The fourth-order valence-corrected chi connectivity index (χ4v) is 2.13. The van der Waals surface area contributed by atoms with E-state index in [1.54, 1.807) is 0 Å². The van der Waals surface area contributed by atoms with Crippen LogP contribution in [-0.4, -0.2) is 65.8 Å². The van der Waals surface area contributed by atoms with Gasteiger partial charge in [-0.25, -0.2) is 0 Å². The Kier molecular flexibility index (Phi) is 7.65. The Labute approximate surface area is 120 Å². The normalized spacial score (nSPS) is 36.4. The van der Waals surface area contributed by atoms with Gasteiger partial charge in [0.15, 0.2) is 6.29 Å². The molecule has 1 aliphatic heterocycles. The lowest BCUT2D eigenvalue weighted by Gasteiger charge is -2.41. The van der Waals surface area contributed by atoms with Gasteiger partial charge in [0, 0.05) is 7.11 Å². The van der Waals surface area contributed by atoms with E-state index in [0.717, 1.165) is 6.42 Å². The van der Waals surface area contributed by atoms with Crippen LogP contribution in [-0.2, 0) is 14.2 Å². The Morgan fingerprint density at radius 1 is 1.20 bits per heavy atom. The monoisotopic (exact) mass is 290 g/mol. The van der Waals surface area contributed by atoms with Gasteiger partial charge in [-0.3, -0.25) is 0 Å². The van der Waals surface area contributed by atoms with E-state index in [4.69, 9.17) is 14.2 Å². The standard InChI is InChI=1S/C14H26O6/c1-4-6-7-9(5-2)19-14-13(17)12(16)11(15)10(20-14)8-18-3/h4,6,9-17H,5,7-8H2,1-3H3. The molecule has 0 bridgehead atoms. The van der Waals surface area contributed by atoms with Gasteiger partial charge in [-0.15, -0.1) is 0 Å². The van der Waals surface area contributed by atoms with Crippen molar-refractivity contribution in [3.05, 3.63) is 12.2 Å². The van der Waals surface area contributed by atoms with Gasteiger partial charge in [-0.2, -0.15) is 0 Å². The van der Waals surface area contributed by atoms with Crippen LogP contribution in [0.4, 0.5) is 0 Å². The molecule has 0 aromatic carbocycles. The number of methoxy groups -OCH3 is 1. The molecule has 1 aliphatic rings. The average Bonchev–Trinajstić information content (AvgIpc) is 2.45. The van der Waals surface area contributed by atoms with Gasteiger partial charge in [0.05, 0.1) is 12.7 Å². The average molecular weight is 290 g/mol. The van der Waals surface area contributed by atoms with Crippen LogP contribution >= 0.6 is 0 Å². The second kappa shape index (κ2) is 8.71. The summed E-state index contributed by atoms with van der Waals surface area (Å²) in [6.07, 6.45) is -0.232. The van der Waals surface area contributed by atoms with E-state index >= 15 is 0 Å². The summed E-state index contributed by atoms with van der Waals surface area (Å²) >= 11 is 0. The summed E-state index contributed by atoms with van der Waals surface area (Å²) in [5, 5.41) is 29.6. The highest BCUT2D eigenvalue weighted by Crippen LogP contribution is 2.24. The SMILES string of the molecule is CC=CCC(CC)OC1OC(COC)C(O)C(O)C1O. The molecule has 0 aliphatic carbocycles. The Balaban J connectivity index is 2.66. The minimum absolute atomic E-state index is 0.114. The summed E-state index contributed by atoms with van der Waals surface area (Å²) in [5.41, 5.74) is 0. The fraction of sp³-hybridized carbons (Fsp3) is 0.857. The Morgan fingerprint density at radius 2 is 1.90 bits per heavy atom. The Morgan fingerprint density at radius 3 is 2.45 bits per heavy atom. The van der Waals surface area contributed by atoms with Crippen LogP contribution in [0.15, 0.2) is 12.2 Å². The topological polar surface area (TPSA) is 88.4 Å². The predicted molar refractivity (Wildman–Crippen MR) is 73.2 cm³/mol. The zero-order chi connectivity index (χ0) is 15.1. The molecule has 1 heterocycles. The van der Waals surface area contributed by atoms with Crippen molar-refractivity contribution in [1.82, 2.24) is 0 Å². The maximum absolute atomic E-state index is 9.94. The van der Waals surface area contributed by atoms with E-state index in [2.05, 4.69) is 0 Å². The second-order valence-corrected chi connectivity index (χ2v) is 4.94. The minimum atomic E-state index is -1.31. The molecule has 1 fully saturated rings. The summed E-state index contributed by atoms with van der Waals surface area (Å²) in [5.74, 6) is 0. The molecular weight excluding hydrogens is 264 g/mol. The number of allylic oxidation sites excluding steroid dienone is 1. The molecule has 0 radical (unpaired) electrons. The van der Waals surface area contributed by atoms with Crippen LogP contribution in [0.3, 0.4) is 0 Å². The minimum Gasteiger partial charge on any atom is -0.387 e. The first kappa shape index (κ1) is 17.6. The van der Waals surface area contributed by atoms with Gasteiger partial charge < -0.3 is 29.5 Å². The van der Waals surface area contributed by atoms with Crippen molar-refractivity contribution >= 4 is 0 Å². The van der Waals surface area contributed by atoms with E-state index in [-0.39, 0.29) is 12.7 Å². The number of aliphatic hydroxyl groups excluding tert-OH is 3. The van der Waals surface area contributed by atoms with Crippen molar-refractivity contribution in [3.8, 4) is 0 Å². The van der Waals surface area contributed by atoms with Gasteiger partial charge in [-0.1, -0.05) is 19.1 Å². The van der Waals surface area contributed by atoms with Crippen molar-refractivity contribution in [2.45, 2.75) is 63.5 Å². The van der Waals surface area contributed by atoms with Crippen LogP contribution < -0.4 is 0 Å². The van der Waals surface area contributed by atoms with Crippen molar-refractivity contribution in [1.29, 1.82) is 0 Å². The van der Waals surface area contributed by atoms with Gasteiger partial charge in [-0.05, 0) is 19.8 Å². The van der Waals surface area contributed by atoms with Gasteiger partial charge in [0.1, 0.15) is 24.4 Å². The van der Waals surface area contributed by atoms with E-state index in [1.165, 1.54) is 7.11 Å². The lowest BCUT2D eigenvalue weighted by molar-refractivity contribution is -0.312. The fourth-order valence-electron chi connectivity index (χ4n) is 2.13. The molecule has 0 spiro atoms. The van der Waals surface area contributed by atoms with E-state index < -0.39 is 30.7 Å². The molecule has 1 saturated heterocycles. The van der Waals surface area contributed by atoms with Gasteiger partial charge >= 0.3 is 0 Å². The lowest BCUT2D eigenvalue weighted by atomic mass is 9.99. The molecular formula is C14H26O6. The highest BCUT2D eigenvalue weighted by Gasteiger charge is 2.44. The molecule has 6 nitrogen and oxygen atoms in total. The molecule has 6 heteroatoms.